The van der Waals surface area contributed by atoms with Gasteiger partial charge in [-0.2, -0.15) is 0 Å². The Morgan fingerprint density at radius 2 is 2.16 bits per heavy atom. The highest BCUT2D eigenvalue weighted by Gasteiger charge is 2.42. The number of carbonyl (C=O) groups is 2. The molecule has 2 saturated carbocycles. The summed E-state index contributed by atoms with van der Waals surface area (Å²) in [6, 6.07) is 1.94. The van der Waals surface area contributed by atoms with Crippen molar-refractivity contribution in [3.63, 3.8) is 0 Å². The maximum absolute atomic E-state index is 12.8. The Hall–Kier alpha value is -1.78. The second kappa shape index (κ2) is 6.85. The van der Waals surface area contributed by atoms with Crippen molar-refractivity contribution in [2.24, 2.45) is 23.7 Å². The van der Waals surface area contributed by atoms with Gasteiger partial charge in [0.05, 0.1) is 17.7 Å². The van der Waals surface area contributed by atoms with Crippen LogP contribution in [0.4, 0.5) is 0 Å². The van der Waals surface area contributed by atoms with E-state index < -0.39 is 0 Å². The van der Waals surface area contributed by atoms with Crippen molar-refractivity contribution >= 4 is 11.8 Å². The van der Waals surface area contributed by atoms with Crippen molar-refractivity contribution in [2.45, 2.75) is 51.5 Å². The molecule has 0 radical (unpaired) electrons. The molecule has 0 unspecified atom stereocenters. The summed E-state index contributed by atoms with van der Waals surface area (Å²) in [5, 5.41) is 3.28. The average molecular weight is 344 g/mol. The first kappa shape index (κ1) is 16.7. The van der Waals surface area contributed by atoms with E-state index in [1.165, 1.54) is 38.2 Å². The number of hydrogen-bond donors (Lipinski definition) is 1. The van der Waals surface area contributed by atoms with Crippen molar-refractivity contribution in [1.82, 2.24) is 10.2 Å². The van der Waals surface area contributed by atoms with Crippen LogP contribution in [0, 0.1) is 23.7 Å². The van der Waals surface area contributed by atoms with Crippen LogP contribution in [0.1, 0.15) is 55.8 Å². The second-order valence-electron chi connectivity index (χ2n) is 8.24. The summed E-state index contributed by atoms with van der Waals surface area (Å²) in [4.78, 5) is 27.0. The molecule has 2 amide bonds. The van der Waals surface area contributed by atoms with Crippen LogP contribution in [0.2, 0.25) is 0 Å². The van der Waals surface area contributed by atoms with E-state index in [1.807, 2.05) is 0 Å². The summed E-state index contributed by atoms with van der Waals surface area (Å²) < 4.78 is 5.01. The van der Waals surface area contributed by atoms with E-state index in [0.717, 1.165) is 31.2 Å². The number of fused-ring (bicyclic) bond motifs is 2. The number of piperidine rings is 1. The minimum absolute atomic E-state index is 0.0348. The Bertz CT molecular complexity index is 627. The quantitative estimate of drug-likeness (QED) is 0.913. The molecular weight excluding hydrogens is 316 g/mol. The monoisotopic (exact) mass is 344 g/mol. The molecule has 1 N–H and O–H groups in total. The van der Waals surface area contributed by atoms with Crippen LogP contribution in [-0.4, -0.2) is 35.8 Å². The van der Waals surface area contributed by atoms with Crippen LogP contribution in [0.15, 0.2) is 23.0 Å². The maximum atomic E-state index is 12.8. The Labute approximate surface area is 149 Å². The van der Waals surface area contributed by atoms with Crippen molar-refractivity contribution in [3.05, 3.63) is 24.2 Å². The van der Waals surface area contributed by atoms with Gasteiger partial charge in [0.25, 0.3) is 5.91 Å². The third-order valence-electron chi connectivity index (χ3n) is 6.65. The van der Waals surface area contributed by atoms with Crippen molar-refractivity contribution in [1.29, 1.82) is 0 Å². The first-order valence-electron chi connectivity index (χ1n) is 9.73. The third kappa shape index (κ3) is 3.33. The number of rotatable bonds is 4. The Kier molecular flexibility index (Phi) is 4.57. The number of amides is 2. The summed E-state index contributed by atoms with van der Waals surface area (Å²) >= 11 is 0. The van der Waals surface area contributed by atoms with E-state index in [0.29, 0.717) is 18.0 Å². The van der Waals surface area contributed by atoms with Gasteiger partial charge in [-0.3, -0.25) is 9.59 Å². The van der Waals surface area contributed by atoms with Crippen LogP contribution >= 0.6 is 0 Å². The number of likely N-dealkylation sites (tertiary alicyclic amines) is 1. The van der Waals surface area contributed by atoms with E-state index in [9.17, 15) is 9.59 Å². The molecule has 1 aromatic rings. The van der Waals surface area contributed by atoms with Gasteiger partial charge in [0.2, 0.25) is 5.91 Å². The molecule has 5 heteroatoms. The molecule has 2 heterocycles. The highest BCUT2D eigenvalue weighted by Crippen LogP contribution is 2.49. The van der Waals surface area contributed by atoms with Crippen LogP contribution in [-0.2, 0) is 4.79 Å². The topological polar surface area (TPSA) is 62.6 Å². The Morgan fingerprint density at radius 1 is 1.28 bits per heavy atom. The molecule has 4 rings (SSSR count). The fraction of sp³-hybridized carbons (Fsp3) is 0.700. The fourth-order valence-corrected chi connectivity index (χ4v) is 5.30. The number of hydrogen-bond acceptors (Lipinski definition) is 3. The molecule has 0 spiro atoms. The summed E-state index contributed by atoms with van der Waals surface area (Å²) in [5.74, 6) is 2.35. The molecule has 0 aromatic carbocycles. The minimum Gasteiger partial charge on any atom is -0.472 e. The van der Waals surface area contributed by atoms with Crippen molar-refractivity contribution in [3.8, 4) is 0 Å². The van der Waals surface area contributed by atoms with Gasteiger partial charge in [0.1, 0.15) is 6.26 Å². The van der Waals surface area contributed by atoms with E-state index in [4.69, 9.17) is 4.42 Å². The molecule has 2 aliphatic carbocycles. The predicted molar refractivity (Wildman–Crippen MR) is 93.9 cm³/mol. The fourth-order valence-electron chi connectivity index (χ4n) is 5.30. The standard InChI is InChI=1S/C20H28N2O3/c1-13(18-10-14-4-5-15(18)9-14)21-19(23)16-3-2-7-22(11-16)20(24)17-6-8-25-12-17/h6,8,12-16,18H,2-5,7,9-11H2,1H3,(H,21,23)/t13-,14-,15-,16+,18+/m0/s1. The lowest BCUT2D eigenvalue weighted by atomic mass is 9.83. The first-order valence-corrected chi connectivity index (χ1v) is 9.73. The molecule has 1 saturated heterocycles. The SMILES string of the molecule is C[C@H](NC(=O)[C@@H]1CCCN(C(=O)c2ccoc2)C1)[C@H]1C[C@H]2CC[C@H]1C2. The number of nitrogens with one attached hydrogen (secondary N) is 1. The molecule has 5 atom stereocenters. The molecule has 2 bridgehead atoms. The van der Waals surface area contributed by atoms with Gasteiger partial charge in [-0.15, -0.1) is 0 Å². The lowest BCUT2D eigenvalue weighted by Gasteiger charge is -2.34. The minimum atomic E-state index is -0.0920. The smallest absolute Gasteiger partial charge is 0.257 e. The van der Waals surface area contributed by atoms with Gasteiger partial charge in [-0.1, -0.05) is 6.42 Å². The largest absolute Gasteiger partial charge is 0.472 e. The summed E-state index contributed by atoms with van der Waals surface area (Å²) in [5.41, 5.74) is 0.566. The summed E-state index contributed by atoms with van der Waals surface area (Å²) in [6.07, 6.45) is 10.1. The average Bonchev–Trinajstić information content (AvgIpc) is 3.38. The number of nitrogens with zero attached hydrogens (tertiary/aromatic N) is 1. The Balaban J connectivity index is 1.33. The number of carbonyl (C=O) groups excluding carboxylic acids is 2. The molecule has 5 nitrogen and oxygen atoms in total. The zero-order valence-corrected chi connectivity index (χ0v) is 14.9. The van der Waals surface area contributed by atoms with Gasteiger partial charge in [-0.05, 0) is 62.8 Å². The predicted octanol–water partition coefficient (Wildman–Crippen LogP) is 3.07. The second-order valence-corrected chi connectivity index (χ2v) is 8.24. The van der Waals surface area contributed by atoms with E-state index in [2.05, 4.69) is 12.2 Å². The first-order chi connectivity index (χ1) is 12.1. The van der Waals surface area contributed by atoms with Gasteiger partial charge in [-0.25, -0.2) is 0 Å². The zero-order valence-electron chi connectivity index (χ0n) is 14.9. The summed E-state index contributed by atoms with van der Waals surface area (Å²) in [6.45, 7) is 3.40. The molecule has 25 heavy (non-hydrogen) atoms. The molecule has 3 fully saturated rings. The highest BCUT2D eigenvalue weighted by atomic mass is 16.3. The van der Waals surface area contributed by atoms with Crippen LogP contribution in [0.25, 0.3) is 0 Å². The van der Waals surface area contributed by atoms with Crippen LogP contribution in [0.3, 0.4) is 0 Å². The zero-order chi connectivity index (χ0) is 17.4. The molecular formula is C20H28N2O3. The van der Waals surface area contributed by atoms with E-state index in [-0.39, 0.29) is 23.8 Å². The van der Waals surface area contributed by atoms with Crippen molar-refractivity contribution < 1.29 is 14.0 Å². The molecule has 3 aliphatic rings. The molecule has 1 aromatic heterocycles. The molecule has 136 valence electrons. The normalized spacial score (nSPS) is 32.6. The molecule has 1 aliphatic heterocycles. The maximum Gasteiger partial charge on any atom is 0.257 e. The van der Waals surface area contributed by atoms with E-state index in [1.54, 1.807) is 11.0 Å². The Morgan fingerprint density at radius 3 is 2.84 bits per heavy atom. The van der Waals surface area contributed by atoms with Gasteiger partial charge >= 0.3 is 0 Å². The number of furan rings is 1. The lowest BCUT2D eigenvalue weighted by Crippen LogP contribution is -2.48. The van der Waals surface area contributed by atoms with E-state index >= 15 is 0 Å². The van der Waals surface area contributed by atoms with Crippen molar-refractivity contribution in [2.75, 3.05) is 13.1 Å². The lowest BCUT2D eigenvalue weighted by molar-refractivity contribution is -0.127. The van der Waals surface area contributed by atoms with Gasteiger partial charge < -0.3 is 14.6 Å². The highest BCUT2D eigenvalue weighted by molar-refractivity contribution is 5.94. The third-order valence-corrected chi connectivity index (χ3v) is 6.65. The van der Waals surface area contributed by atoms with Gasteiger partial charge in [0, 0.05) is 19.1 Å². The summed E-state index contributed by atoms with van der Waals surface area (Å²) in [7, 11) is 0. The van der Waals surface area contributed by atoms with Crippen LogP contribution in [0.5, 0.6) is 0 Å². The van der Waals surface area contributed by atoms with Crippen LogP contribution < -0.4 is 5.32 Å². The van der Waals surface area contributed by atoms with Gasteiger partial charge in [0.15, 0.2) is 0 Å².